The van der Waals surface area contributed by atoms with Gasteiger partial charge in [-0.2, -0.15) is 23.9 Å². The van der Waals surface area contributed by atoms with E-state index in [0.717, 1.165) is 66.4 Å². The van der Waals surface area contributed by atoms with Gasteiger partial charge in [-0.05, 0) is 29.1 Å². The standard InChI is InChI=1S/C33H18N3O.Pd/c1-2-8-22(9-3-1)27-21-37-31-16-17-32(34-33(27)31)36-29-13-7-5-11-25(29)26-15-14-24(20-30(26)36)35-19-18-23-10-4-6-12-28(23)35;/h1-8,10-18,21H;/q-3;. The van der Waals surface area contributed by atoms with E-state index in [1.54, 1.807) is 6.26 Å². The number of furan rings is 1. The number of fused-ring (bicyclic) bond motifs is 5. The van der Waals surface area contributed by atoms with E-state index in [1.807, 2.05) is 54.6 Å². The molecule has 4 aromatic heterocycles. The van der Waals surface area contributed by atoms with Gasteiger partial charge < -0.3 is 13.6 Å². The first-order valence-corrected chi connectivity index (χ1v) is 12.1. The third-order valence-corrected chi connectivity index (χ3v) is 6.97. The number of rotatable bonds is 3. The van der Waals surface area contributed by atoms with Gasteiger partial charge >= 0.3 is 0 Å². The number of hydrogen-bond donors (Lipinski definition) is 0. The minimum absolute atomic E-state index is 0. The average Bonchev–Trinajstić information content (AvgIpc) is 3.66. The molecule has 0 unspecified atom stereocenters. The Bertz CT molecular complexity index is 2100. The third-order valence-electron chi connectivity index (χ3n) is 6.97. The molecule has 0 atom stereocenters. The maximum atomic E-state index is 5.85. The Morgan fingerprint density at radius 1 is 0.763 bits per heavy atom. The number of pyridine rings is 1. The van der Waals surface area contributed by atoms with Crippen molar-refractivity contribution < 1.29 is 24.8 Å². The Morgan fingerprint density at radius 2 is 1.61 bits per heavy atom. The monoisotopic (exact) mass is 578 g/mol. The van der Waals surface area contributed by atoms with Gasteiger partial charge in [0.25, 0.3) is 0 Å². The second-order valence-electron chi connectivity index (χ2n) is 9.07. The number of hydrogen-bond acceptors (Lipinski definition) is 2. The Balaban J connectivity index is 0.00000242. The fourth-order valence-corrected chi connectivity index (χ4v) is 5.25. The van der Waals surface area contributed by atoms with Crippen LogP contribution in [0.2, 0.25) is 0 Å². The number of aromatic nitrogens is 3. The van der Waals surface area contributed by atoms with Crippen molar-refractivity contribution in [1.82, 2.24) is 14.1 Å². The van der Waals surface area contributed by atoms with E-state index in [2.05, 4.69) is 76.0 Å². The summed E-state index contributed by atoms with van der Waals surface area (Å²) in [6.45, 7) is 0. The first-order chi connectivity index (χ1) is 18.3. The van der Waals surface area contributed by atoms with Crippen LogP contribution in [0.4, 0.5) is 0 Å². The summed E-state index contributed by atoms with van der Waals surface area (Å²) < 4.78 is 10.1. The molecule has 0 bridgehead atoms. The van der Waals surface area contributed by atoms with Crippen molar-refractivity contribution in [2.24, 2.45) is 0 Å². The first kappa shape index (κ1) is 22.7. The molecule has 8 aromatic rings. The maximum absolute atomic E-state index is 5.85. The molecule has 4 heterocycles. The van der Waals surface area contributed by atoms with Crippen LogP contribution in [0.15, 0.2) is 114 Å². The molecule has 8 rings (SSSR count). The van der Waals surface area contributed by atoms with Gasteiger partial charge in [-0.3, -0.25) is 0 Å². The molecule has 184 valence electrons. The van der Waals surface area contributed by atoms with Gasteiger partial charge in [-0.15, -0.1) is 58.8 Å². The van der Waals surface area contributed by atoms with Crippen molar-refractivity contribution in [3.05, 3.63) is 128 Å². The summed E-state index contributed by atoms with van der Waals surface area (Å²) in [7, 11) is 0. The smallest absolute Gasteiger partial charge is 0.142 e. The maximum Gasteiger partial charge on any atom is 0.142 e. The average molecular weight is 579 g/mol. The Kier molecular flexibility index (Phi) is 5.30. The Morgan fingerprint density at radius 3 is 2.50 bits per heavy atom. The van der Waals surface area contributed by atoms with Gasteiger partial charge in [0.05, 0.1) is 11.8 Å². The van der Waals surface area contributed by atoms with Crippen LogP contribution in [0.1, 0.15) is 0 Å². The molecule has 4 nitrogen and oxygen atoms in total. The predicted molar refractivity (Wildman–Crippen MR) is 147 cm³/mol. The summed E-state index contributed by atoms with van der Waals surface area (Å²) in [5.74, 6) is 0.812. The van der Waals surface area contributed by atoms with Crippen LogP contribution in [0.3, 0.4) is 0 Å². The largest absolute Gasteiger partial charge is 0.473 e. The normalized spacial score (nSPS) is 11.5. The molecule has 0 aliphatic rings. The summed E-state index contributed by atoms with van der Waals surface area (Å²) >= 11 is 0. The van der Waals surface area contributed by atoms with Crippen LogP contribution in [0.5, 0.6) is 0 Å². The van der Waals surface area contributed by atoms with E-state index >= 15 is 0 Å². The molecule has 0 saturated heterocycles. The summed E-state index contributed by atoms with van der Waals surface area (Å²) in [5, 5.41) is 3.43. The fourth-order valence-electron chi connectivity index (χ4n) is 5.25. The Hall–Kier alpha value is -4.43. The summed E-state index contributed by atoms with van der Waals surface area (Å²) in [5.41, 5.74) is 7.52. The molecule has 0 fully saturated rings. The number of para-hydroxylation sites is 2. The first-order valence-electron chi connectivity index (χ1n) is 12.1. The van der Waals surface area contributed by atoms with E-state index in [1.165, 1.54) is 0 Å². The quantitative estimate of drug-likeness (QED) is 0.158. The molecule has 0 amide bonds. The van der Waals surface area contributed by atoms with Crippen molar-refractivity contribution in [2.75, 3.05) is 0 Å². The van der Waals surface area contributed by atoms with E-state index in [4.69, 9.17) is 9.40 Å². The minimum Gasteiger partial charge on any atom is -0.473 e. The van der Waals surface area contributed by atoms with Crippen molar-refractivity contribution >= 4 is 43.8 Å². The van der Waals surface area contributed by atoms with Gasteiger partial charge in [-0.25, -0.2) is 4.98 Å². The van der Waals surface area contributed by atoms with Crippen molar-refractivity contribution in [3.63, 3.8) is 0 Å². The molecular formula is C33H18N3OPd-3. The summed E-state index contributed by atoms with van der Waals surface area (Å²) in [4.78, 5) is 5.11. The second-order valence-corrected chi connectivity index (χ2v) is 9.07. The van der Waals surface area contributed by atoms with Crippen molar-refractivity contribution in [2.45, 2.75) is 0 Å². The van der Waals surface area contributed by atoms with E-state index < -0.39 is 0 Å². The van der Waals surface area contributed by atoms with Gasteiger partial charge in [0.15, 0.2) is 0 Å². The third kappa shape index (κ3) is 3.37. The van der Waals surface area contributed by atoms with E-state index in [9.17, 15) is 0 Å². The zero-order chi connectivity index (χ0) is 24.3. The van der Waals surface area contributed by atoms with Gasteiger partial charge in [0.1, 0.15) is 11.4 Å². The van der Waals surface area contributed by atoms with Crippen LogP contribution in [-0.2, 0) is 20.4 Å². The van der Waals surface area contributed by atoms with Gasteiger partial charge in [0.2, 0.25) is 0 Å². The summed E-state index contributed by atoms with van der Waals surface area (Å²) in [6, 6.07) is 41.9. The van der Waals surface area contributed by atoms with E-state index in [-0.39, 0.29) is 20.4 Å². The molecule has 0 N–H and O–H groups in total. The topological polar surface area (TPSA) is 35.9 Å². The molecule has 0 aliphatic carbocycles. The zero-order valence-corrected chi connectivity index (χ0v) is 21.5. The van der Waals surface area contributed by atoms with Gasteiger partial charge in [0, 0.05) is 25.9 Å². The van der Waals surface area contributed by atoms with E-state index in [0.29, 0.717) is 0 Å². The molecule has 0 radical (unpaired) electrons. The SMILES string of the molecule is [Pd].[c-]1ccccc1-c1coc2ccc(-n3c4[c-]c(-n5[c-]cc6ccccc65)ccc4c4ccccc43)nc12. The zero-order valence-electron chi connectivity index (χ0n) is 20.0. The van der Waals surface area contributed by atoms with Crippen LogP contribution in [0.25, 0.3) is 66.4 Å². The molecule has 0 saturated carbocycles. The molecule has 0 spiro atoms. The molecule has 4 aromatic carbocycles. The molecule has 38 heavy (non-hydrogen) atoms. The molecule has 0 aliphatic heterocycles. The van der Waals surface area contributed by atoms with Crippen LogP contribution < -0.4 is 0 Å². The molecular weight excluding hydrogens is 561 g/mol. The van der Waals surface area contributed by atoms with Crippen LogP contribution in [0, 0.1) is 18.3 Å². The van der Waals surface area contributed by atoms with Crippen molar-refractivity contribution in [1.29, 1.82) is 0 Å². The van der Waals surface area contributed by atoms with Crippen molar-refractivity contribution in [3.8, 4) is 22.6 Å². The molecule has 5 heteroatoms. The minimum atomic E-state index is 0. The number of nitrogens with zero attached hydrogens (tertiary/aromatic N) is 3. The van der Waals surface area contributed by atoms with Gasteiger partial charge in [-0.1, -0.05) is 53.6 Å². The fraction of sp³-hybridized carbons (Fsp3) is 0. The summed E-state index contributed by atoms with van der Waals surface area (Å²) in [6.07, 6.45) is 5.14. The predicted octanol–water partition coefficient (Wildman–Crippen LogP) is 7.93. The number of benzene rings is 4. The second kappa shape index (κ2) is 8.85. The van der Waals surface area contributed by atoms with Crippen LogP contribution in [-0.4, -0.2) is 14.1 Å². The van der Waals surface area contributed by atoms with Crippen LogP contribution >= 0.6 is 0 Å². The Labute approximate surface area is 232 Å².